The molecule has 0 aromatic heterocycles. The molecule has 0 fully saturated rings. The number of nitrogens with one attached hydrogen (secondary N) is 1. The summed E-state index contributed by atoms with van der Waals surface area (Å²) < 4.78 is 42.2. The van der Waals surface area contributed by atoms with E-state index in [-0.39, 0.29) is 17.3 Å². The van der Waals surface area contributed by atoms with Crippen LogP contribution in [-0.2, 0) is 26.2 Å². The van der Waals surface area contributed by atoms with E-state index >= 15 is 0 Å². The molecular weight excluding hydrogens is 493 g/mol. The SMILES string of the molecule is CC[C@@H](C(=O)NC)N(Cc1ccc(F)cc1)C(=O)CN(c1ccccc1C)S(=O)(=O)c1ccc(C)cc1. The summed E-state index contributed by atoms with van der Waals surface area (Å²) in [6.07, 6.45) is 0.307. The van der Waals surface area contributed by atoms with Crippen molar-refractivity contribution < 1.29 is 22.4 Å². The van der Waals surface area contributed by atoms with Gasteiger partial charge >= 0.3 is 0 Å². The number of likely N-dealkylation sites (N-methyl/N-ethyl adjacent to an activating group) is 1. The second kappa shape index (κ2) is 12.0. The Hall–Kier alpha value is -3.72. The van der Waals surface area contributed by atoms with Crippen molar-refractivity contribution in [1.29, 1.82) is 0 Å². The lowest BCUT2D eigenvalue weighted by Gasteiger charge is -2.33. The van der Waals surface area contributed by atoms with Gasteiger partial charge in [-0.05, 0) is 61.7 Å². The van der Waals surface area contributed by atoms with Crippen LogP contribution in [0.4, 0.5) is 10.1 Å². The van der Waals surface area contributed by atoms with Gasteiger partial charge in [-0.15, -0.1) is 0 Å². The fourth-order valence-corrected chi connectivity index (χ4v) is 5.55. The van der Waals surface area contributed by atoms with Crippen molar-refractivity contribution in [2.45, 2.75) is 44.7 Å². The van der Waals surface area contributed by atoms with E-state index in [0.29, 0.717) is 23.2 Å². The van der Waals surface area contributed by atoms with Crippen molar-refractivity contribution in [2.24, 2.45) is 0 Å². The average molecular weight is 526 g/mol. The maximum absolute atomic E-state index is 13.8. The van der Waals surface area contributed by atoms with Crippen LogP contribution in [0.15, 0.2) is 77.7 Å². The molecule has 3 aromatic carbocycles. The zero-order valence-electron chi connectivity index (χ0n) is 21.4. The monoisotopic (exact) mass is 525 g/mol. The van der Waals surface area contributed by atoms with Gasteiger partial charge < -0.3 is 10.2 Å². The highest BCUT2D eigenvalue weighted by atomic mass is 32.2. The smallest absolute Gasteiger partial charge is 0.264 e. The number of para-hydroxylation sites is 1. The van der Waals surface area contributed by atoms with Crippen molar-refractivity contribution in [3.63, 3.8) is 0 Å². The third-order valence-corrected chi connectivity index (χ3v) is 7.94. The summed E-state index contributed by atoms with van der Waals surface area (Å²) in [5.74, 6) is -1.35. The molecular formula is C28H32FN3O4S. The number of nitrogens with zero attached hydrogens (tertiary/aromatic N) is 2. The van der Waals surface area contributed by atoms with Gasteiger partial charge in [0.1, 0.15) is 18.4 Å². The predicted molar refractivity (Wildman–Crippen MR) is 142 cm³/mol. The molecule has 0 unspecified atom stereocenters. The summed E-state index contributed by atoms with van der Waals surface area (Å²) in [5, 5.41) is 2.58. The van der Waals surface area contributed by atoms with E-state index in [1.54, 1.807) is 50.2 Å². The van der Waals surface area contributed by atoms with Crippen LogP contribution < -0.4 is 9.62 Å². The third kappa shape index (κ3) is 6.54. The number of amides is 2. The Bertz CT molecular complexity index is 1340. The molecule has 0 aliphatic carbocycles. The number of sulfonamides is 1. The Morgan fingerprint density at radius 2 is 1.57 bits per heavy atom. The van der Waals surface area contributed by atoms with Gasteiger partial charge in [0.05, 0.1) is 10.6 Å². The lowest BCUT2D eigenvalue weighted by molar-refractivity contribution is -0.140. The van der Waals surface area contributed by atoms with E-state index in [0.717, 1.165) is 9.87 Å². The minimum absolute atomic E-state index is 0.0111. The van der Waals surface area contributed by atoms with Gasteiger partial charge in [-0.25, -0.2) is 12.8 Å². The summed E-state index contributed by atoms with van der Waals surface area (Å²) in [7, 11) is -2.64. The topological polar surface area (TPSA) is 86.8 Å². The van der Waals surface area contributed by atoms with Gasteiger partial charge in [0.2, 0.25) is 11.8 Å². The fourth-order valence-electron chi connectivity index (χ4n) is 4.07. The second-order valence-electron chi connectivity index (χ2n) is 8.80. The molecule has 0 spiro atoms. The lowest BCUT2D eigenvalue weighted by Crippen LogP contribution is -2.51. The Labute approximate surface area is 218 Å². The Balaban J connectivity index is 2.06. The highest BCUT2D eigenvalue weighted by molar-refractivity contribution is 7.92. The molecule has 2 amide bonds. The molecule has 3 aromatic rings. The first-order chi connectivity index (χ1) is 17.6. The largest absolute Gasteiger partial charge is 0.357 e. The summed E-state index contributed by atoms with van der Waals surface area (Å²) in [6, 6.07) is 18.1. The Morgan fingerprint density at radius 3 is 2.14 bits per heavy atom. The van der Waals surface area contributed by atoms with Gasteiger partial charge in [-0.1, -0.05) is 55.0 Å². The Kier molecular flexibility index (Phi) is 9.04. The zero-order chi connectivity index (χ0) is 27.2. The molecule has 0 aliphatic rings. The van der Waals surface area contributed by atoms with E-state index in [9.17, 15) is 22.4 Å². The van der Waals surface area contributed by atoms with Gasteiger partial charge in [-0.3, -0.25) is 13.9 Å². The minimum Gasteiger partial charge on any atom is -0.357 e. The highest BCUT2D eigenvalue weighted by Crippen LogP contribution is 2.27. The van der Waals surface area contributed by atoms with E-state index in [4.69, 9.17) is 0 Å². The van der Waals surface area contributed by atoms with E-state index in [1.807, 2.05) is 6.92 Å². The lowest BCUT2D eigenvalue weighted by atomic mass is 10.1. The van der Waals surface area contributed by atoms with Crippen molar-refractivity contribution in [2.75, 3.05) is 17.9 Å². The number of benzene rings is 3. The summed E-state index contributed by atoms with van der Waals surface area (Å²) in [4.78, 5) is 27.9. The van der Waals surface area contributed by atoms with Crippen LogP contribution >= 0.6 is 0 Å². The van der Waals surface area contributed by atoms with Crippen LogP contribution in [0.2, 0.25) is 0 Å². The number of halogens is 1. The number of rotatable bonds is 10. The highest BCUT2D eigenvalue weighted by Gasteiger charge is 2.33. The van der Waals surface area contributed by atoms with Crippen LogP contribution in [-0.4, -0.2) is 44.8 Å². The zero-order valence-corrected chi connectivity index (χ0v) is 22.3. The van der Waals surface area contributed by atoms with Crippen molar-refractivity contribution in [3.8, 4) is 0 Å². The van der Waals surface area contributed by atoms with Gasteiger partial charge in [0.15, 0.2) is 0 Å². The first kappa shape index (κ1) is 27.9. The number of carbonyl (C=O) groups is 2. The molecule has 9 heteroatoms. The molecule has 0 aliphatic heterocycles. The Morgan fingerprint density at radius 1 is 0.946 bits per heavy atom. The second-order valence-corrected chi connectivity index (χ2v) is 10.7. The molecule has 7 nitrogen and oxygen atoms in total. The molecule has 0 radical (unpaired) electrons. The number of carbonyl (C=O) groups excluding carboxylic acids is 2. The average Bonchev–Trinajstić information content (AvgIpc) is 2.88. The number of hydrogen-bond donors (Lipinski definition) is 1. The van der Waals surface area contributed by atoms with Crippen LogP contribution in [0.1, 0.15) is 30.0 Å². The maximum atomic E-state index is 13.8. The molecule has 0 saturated heterocycles. The normalized spacial score (nSPS) is 12.0. The van der Waals surface area contributed by atoms with Crippen LogP contribution in [0, 0.1) is 19.7 Å². The fraction of sp³-hybridized carbons (Fsp3) is 0.286. The van der Waals surface area contributed by atoms with Gasteiger partial charge in [-0.2, -0.15) is 0 Å². The summed E-state index contributed by atoms with van der Waals surface area (Å²) in [5.41, 5.74) is 2.56. The maximum Gasteiger partial charge on any atom is 0.264 e. The van der Waals surface area contributed by atoms with Crippen LogP contribution in [0.3, 0.4) is 0 Å². The van der Waals surface area contributed by atoms with E-state index in [2.05, 4.69) is 5.32 Å². The molecule has 3 rings (SSSR count). The van der Waals surface area contributed by atoms with Crippen molar-refractivity contribution >= 4 is 27.5 Å². The standard InChI is InChI=1S/C28H32FN3O4S/c1-5-25(28(34)30-4)31(18-22-12-14-23(29)15-13-22)27(33)19-32(26-9-7-6-8-21(26)3)37(35,36)24-16-10-20(2)11-17-24/h6-17,25H,5,18-19H2,1-4H3,(H,30,34)/t25-/m0/s1. The molecule has 0 heterocycles. The minimum atomic E-state index is -4.12. The van der Waals surface area contributed by atoms with E-state index in [1.165, 1.54) is 48.3 Å². The van der Waals surface area contributed by atoms with Crippen LogP contribution in [0.25, 0.3) is 0 Å². The molecule has 37 heavy (non-hydrogen) atoms. The number of aryl methyl sites for hydroxylation is 2. The molecule has 1 N–H and O–H groups in total. The predicted octanol–water partition coefficient (Wildman–Crippen LogP) is 4.19. The molecule has 0 bridgehead atoms. The first-order valence-electron chi connectivity index (χ1n) is 12.0. The molecule has 196 valence electrons. The molecule has 1 atom stereocenters. The summed E-state index contributed by atoms with van der Waals surface area (Å²) in [6.45, 7) is 4.89. The molecule has 0 saturated carbocycles. The first-order valence-corrected chi connectivity index (χ1v) is 13.4. The van der Waals surface area contributed by atoms with E-state index < -0.39 is 34.3 Å². The summed E-state index contributed by atoms with van der Waals surface area (Å²) >= 11 is 0. The number of anilines is 1. The third-order valence-electron chi connectivity index (χ3n) is 6.17. The van der Waals surface area contributed by atoms with Gasteiger partial charge in [0, 0.05) is 13.6 Å². The van der Waals surface area contributed by atoms with Crippen molar-refractivity contribution in [3.05, 3.63) is 95.3 Å². The number of hydrogen-bond acceptors (Lipinski definition) is 4. The van der Waals surface area contributed by atoms with Crippen LogP contribution in [0.5, 0.6) is 0 Å². The van der Waals surface area contributed by atoms with Gasteiger partial charge in [0.25, 0.3) is 10.0 Å². The quantitative estimate of drug-likeness (QED) is 0.430. The van der Waals surface area contributed by atoms with Crippen molar-refractivity contribution in [1.82, 2.24) is 10.2 Å².